The molecule has 0 saturated heterocycles. The van der Waals surface area contributed by atoms with E-state index in [2.05, 4.69) is 20.8 Å². The summed E-state index contributed by atoms with van der Waals surface area (Å²) in [6, 6.07) is 0. The van der Waals surface area contributed by atoms with Crippen LogP contribution in [0.1, 0.15) is 52.9 Å². The Bertz CT molecular complexity index is 225. The third kappa shape index (κ3) is 2.97. The van der Waals surface area contributed by atoms with Crippen molar-refractivity contribution in [1.82, 2.24) is 0 Å². The van der Waals surface area contributed by atoms with Crippen molar-refractivity contribution in [3.8, 4) is 0 Å². The molecule has 0 aromatic carbocycles. The van der Waals surface area contributed by atoms with Gasteiger partial charge in [-0.2, -0.15) is 0 Å². The molecule has 0 N–H and O–H groups in total. The molecule has 0 amide bonds. The van der Waals surface area contributed by atoms with Gasteiger partial charge in [-0.3, -0.25) is 0 Å². The molecule has 0 spiro atoms. The van der Waals surface area contributed by atoms with E-state index in [9.17, 15) is 4.79 Å². The summed E-state index contributed by atoms with van der Waals surface area (Å²) < 4.78 is 0. The molecule has 0 aromatic heterocycles. The van der Waals surface area contributed by atoms with Gasteiger partial charge in [0.1, 0.15) is 6.29 Å². The monoisotopic (exact) mass is 194 g/mol. The zero-order chi connectivity index (χ0) is 10.6. The van der Waals surface area contributed by atoms with Crippen LogP contribution >= 0.6 is 0 Å². The van der Waals surface area contributed by atoms with Crippen LogP contribution in [-0.2, 0) is 4.79 Å². The average molecular weight is 194 g/mol. The van der Waals surface area contributed by atoms with Crippen molar-refractivity contribution in [2.75, 3.05) is 0 Å². The van der Waals surface area contributed by atoms with E-state index in [1.54, 1.807) is 11.1 Å². The van der Waals surface area contributed by atoms with E-state index in [0.29, 0.717) is 6.42 Å². The second kappa shape index (κ2) is 5.33. The van der Waals surface area contributed by atoms with Gasteiger partial charge in [0.25, 0.3) is 0 Å². The molecule has 1 rings (SSSR count). The largest absolute Gasteiger partial charge is 0.303 e. The number of aldehydes is 1. The van der Waals surface area contributed by atoms with Crippen LogP contribution in [0, 0.1) is 11.8 Å². The molecule has 0 heterocycles. The fraction of sp³-hybridized carbons (Fsp3) is 0.769. The van der Waals surface area contributed by atoms with Gasteiger partial charge in [0, 0.05) is 6.42 Å². The minimum absolute atomic E-state index is 0.706. The first kappa shape index (κ1) is 11.5. The van der Waals surface area contributed by atoms with Crippen LogP contribution in [0.4, 0.5) is 0 Å². The van der Waals surface area contributed by atoms with Gasteiger partial charge < -0.3 is 4.79 Å². The summed E-state index contributed by atoms with van der Waals surface area (Å²) in [6.45, 7) is 6.85. The van der Waals surface area contributed by atoms with Crippen LogP contribution in [0.5, 0.6) is 0 Å². The third-order valence-corrected chi connectivity index (χ3v) is 3.51. The first-order valence-corrected chi connectivity index (χ1v) is 5.76. The van der Waals surface area contributed by atoms with Crippen molar-refractivity contribution in [2.45, 2.75) is 52.9 Å². The highest BCUT2D eigenvalue weighted by Crippen LogP contribution is 2.35. The zero-order valence-electron chi connectivity index (χ0n) is 9.68. The summed E-state index contributed by atoms with van der Waals surface area (Å²) in [5.41, 5.74) is 3.10. The van der Waals surface area contributed by atoms with Crippen molar-refractivity contribution in [3.63, 3.8) is 0 Å². The molecule has 0 saturated carbocycles. The molecule has 0 aliphatic heterocycles. The predicted octanol–water partition coefficient (Wildman–Crippen LogP) is 3.74. The van der Waals surface area contributed by atoms with Gasteiger partial charge in [0.15, 0.2) is 0 Å². The Morgan fingerprint density at radius 2 is 2.21 bits per heavy atom. The first-order valence-electron chi connectivity index (χ1n) is 5.76. The van der Waals surface area contributed by atoms with E-state index in [4.69, 9.17) is 0 Å². The fourth-order valence-corrected chi connectivity index (χ4v) is 2.29. The summed E-state index contributed by atoms with van der Waals surface area (Å²) in [7, 11) is 0. The lowest BCUT2D eigenvalue weighted by atomic mass is 9.77. The predicted molar refractivity (Wildman–Crippen MR) is 60.2 cm³/mol. The number of carbonyl (C=O) groups is 1. The topological polar surface area (TPSA) is 17.1 Å². The Balaban J connectivity index is 2.57. The molecule has 0 fully saturated rings. The van der Waals surface area contributed by atoms with E-state index in [0.717, 1.165) is 24.5 Å². The first-order chi connectivity index (χ1) is 6.65. The van der Waals surface area contributed by atoms with Crippen LogP contribution in [-0.4, -0.2) is 6.29 Å². The van der Waals surface area contributed by atoms with Crippen LogP contribution < -0.4 is 0 Å². The Morgan fingerprint density at radius 1 is 1.50 bits per heavy atom. The maximum atomic E-state index is 10.3. The van der Waals surface area contributed by atoms with Crippen LogP contribution in [0.2, 0.25) is 0 Å². The highest BCUT2D eigenvalue weighted by Gasteiger charge is 2.20. The SMILES string of the molecule is CC1=C(CCC=O)C[C@@H](C(C)C)CC1. The van der Waals surface area contributed by atoms with E-state index in [1.165, 1.54) is 19.3 Å². The third-order valence-electron chi connectivity index (χ3n) is 3.51. The molecule has 1 nitrogen and oxygen atoms in total. The molecule has 1 heteroatoms. The fourth-order valence-electron chi connectivity index (χ4n) is 2.29. The van der Waals surface area contributed by atoms with Crippen molar-refractivity contribution in [3.05, 3.63) is 11.1 Å². The number of hydrogen-bond acceptors (Lipinski definition) is 1. The van der Waals surface area contributed by atoms with E-state index in [-0.39, 0.29) is 0 Å². The summed E-state index contributed by atoms with van der Waals surface area (Å²) >= 11 is 0. The smallest absolute Gasteiger partial charge is 0.120 e. The Labute approximate surface area is 87.6 Å². The lowest BCUT2D eigenvalue weighted by Crippen LogP contribution is -2.15. The number of allylic oxidation sites excluding steroid dienone is 2. The maximum Gasteiger partial charge on any atom is 0.120 e. The van der Waals surface area contributed by atoms with Gasteiger partial charge in [-0.1, -0.05) is 25.0 Å². The highest BCUT2D eigenvalue weighted by atomic mass is 16.1. The van der Waals surface area contributed by atoms with Crippen molar-refractivity contribution in [1.29, 1.82) is 0 Å². The van der Waals surface area contributed by atoms with Gasteiger partial charge >= 0.3 is 0 Å². The zero-order valence-corrected chi connectivity index (χ0v) is 9.68. The van der Waals surface area contributed by atoms with E-state index < -0.39 is 0 Å². The second-order valence-corrected chi connectivity index (χ2v) is 4.84. The van der Waals surface area contributed by atoms with Crippen molar-refractivity contribution >= 4 is 6.29 Å². The molecule has 0 unspecified atom stereocenters. The van der Waals surface area contributed by atoms with Gasteiger partial charge in [-0.15, -0.1) is 0 Å². The average Bonchev–Trinajstić information content (AvgIpc) is 2.16. The molecule has 0 aromatic rings. The Kier molecular flexibility index (Phi) is 4.37. The maximum absolute atomic E-state index is 10.3. The summed E-state index contributed by atoms with van der Waals surface area (Å²) in [4.78, 5) is 10.3. The minimum Gasteiger partial charge on any atom is -0.303 e. The number of hydrogen-bond donors (Lipinski definition) is 0. The molecular formula is C13H22O. The lowest BCUT2D eigenvalue weighted by Gasteiger charge is -2.28. The Hall–Kier alpha value is -0.590. The molecule has 14 heavy (non-hydrogen) atoms. The van der Waals surface area contributed by atoms with Crippen molar-refractivity contribution < 1.29 is 4.79 Å². The number of rotatable bonds is 4. The standard InChI is InChI=1S/C13H22O/c1-10(2)12-7-6-11(3)13(9-12)5-4-8-14/h8,10,12H,4-7,9H2,1-3H3/t12-/m0/s1. The molecule has 1 atom stereocenters. The highest BCUT2D eigenvalue weighted by molar-refractivity contribution is 5.50. The summed E-state index contributed by atoms with van der Waals surface area (Å²) in [5.74, 6) is 1.63. The van der Waals surface area contributed by atoms with Crippen LogP contribution in [0.25, 0.3) is 0 Å². The quantitative estimate of drug-likeness (QED) is 0.492. The molecule has 0 radical (unpaired) electrons. The van der Waals surface area contributed by atoms with Gasteiger partial charge in [-0.25, -0.2) is 0 Å². The molecule has 1 aliphatic rings. The molecule has 0 bridgehead atoms. The van der Waals surface area contributed by atoms with Crippen molar-refractivity contribution in [2.24, 2.45) is 11.8 Å². The van der Waals surface area contributed by atoms with Gasteiger partial charge in [0.2, 0.25) is 0 Å². The molecule has 80 valence electrons. The second-order valence-electron chi connectivity index (χ2n) is 4.84. The van der Waals surface area contributed by atoms with E-state index in [1.807, 2.05) is 0 Å². The summed E-state index contributed by atoms with van der Waals surface area (Å²) in [5, 5.41) is 0. The van der Waals surface area contributed by atoms with Crippen LogP contribution in [0.3, 0.4) is 0 Å². The Morgan fingerprint density at radius 3 is 2.79 bits per heavy atom. The molecular weight excluding hydrogens is 172 g/mol. The number of carbonyl (C=O) groups excluding carboxylic acids is 1. The lowest BCUT2D eigenvalue weighted by molar-refractivity contribution is -0.107. The van der Waals surface area contributed by atoms with Crippen LogP contribution in [0.15, 0.2) is 11.1 Å². The molecule has 1 aliphatic carbocycles. The minimum atomic E-state index is 0.706. The summed E-state index contributed by atoms with van der Waals surface area (Å²) in [6.07, 6.45) is 6.57. The van der Waals surface area contributed by atoms with Gasteiger partial charge in [-0.05, 0) is 44.4 Å². The van der Waals surface area contributed by atoms with E-state index >= 15 is 0 Å². The normalized spacial score (nSPS) is 23.0. The van der Waals surface area contributed by atoms with Gasteiger partial charge in [0.05, 0.1) is 0 Å².